The molecule has 0 aliphatic carbocycles. The van der Waals surface area contributed by atoms with E-state index < -0.39 is 12.1 Å². The van der Waals surface area contributed by atoms with Crippen LogP contribution in [0.2, 0.25) is 0 Å². The molecule has 3 aromatic rings. The average Bonchev–Trinajstić information content (AvgIpc) is 3.52. The van der Waals surface area contributed by atoms with Crippen LogP contribution in [0.4, 0.5) is 0 Å². The van der Waals surface area contributed by atoms with E-state index in [1.54, 1.807) is 35.0 Å². The van der Waals surface area contributed by atoms with E-state index in [1.807, 2.05) is 50.4 Å². The maximum absolute atomic E-state index is 13.1. The topological polar surface area (TPSA) is 106 Å². The van der Waals surface area contributed by atoms with Crippen molar-refractivity contribution >= 4 is 17.7 Å². The lowest BCUT2D eigenvalue weighted by molar-refractivity contribution is -0.130. The smallest absolute Gasteiger partial charge is 0.254 e. The van der Waals surface area contributed by atoms with Gasteiger partial charge in [-0.05, 0) is 54.8 Å². The first kappa shape index (κ1) is 26.4. The minimum absolute atomic E-state index is 0.00946. The van der Waals surface area contributed by atoms with E-state index in [2.05, 4.69) is 10.4 Å². The minimum atomic E-state index is -0.403. The summed E-state index contributed by atoms with van der Waals surface area (Å²) in [5.41, 5.74) is 3.20. The van der Waals surface area contributed by atoms with E-state index in [-0.39, 0.29) is 24.3 Å². The Hall–Kier alpha value is -4.18. The van der Waals surface area contributed by atoms with Crippen LogP contribution in [-0.4, -0.2) is 76.1 Å². The lowest BCUT2D eigenvalue weighted by atomic mass is 10.1. The number of aryl methyl sites for hydroxylation is 3. The molecule has 0 spiro atoms. The molecule has 0 radical (unpaired) electrons. The van der Waals surface area contributed by atoms with Gasteiger partial charge in [0, 0.05) is 51.1 Å². The number of carbonyl (C=O) groups is 3. The summed E-state index contributed by atoms with van der Waals surface area (Å²) in [6.45, 7) is 2.78. The molecule has 2 aliphatic rings. The van der Waals surface area contributed by atoms with Crippen LogP contribution in [0.15, 0.2) is 54.7 Å². The normalized spacial score (nSPS) is 19.9. The molecule has 1 N–H and O–H groups in total. The fraction of sp³-hybridized carbons (Fsp3) is 0.379. The Bertz CT molecular complexity index is 1390. The van der Waals surface area contributed by atoms with Gasteiger partial charge in [0.05, 0.1) is 25.3 Å². The van der Waals surface area contributed by atoms with Gasteiger partial charge in [0.15, 0.2) is 0 Å². The molecule has 39 heavy (non-hydrogen) atoms. The van der Waals surface area contributed by atoms with E-state index in [9.17, 15) is 14.4 Å². The van der Waals surface area contributed by atoms with Gasteiger partial charge in [-0.15, -0.1) is 0 Å². The number of hydrogen-bond donors (Lipinski definition) is 1. The van der Waals surface area contributed by atoms with Gasteiger partial charge in [0.25, 0.3) is 5.91 Å². The van der Waals surface area contributed by atoms with Gasteiger partial charge in [-0.1, -0.05) is 18.2 Å². The highest BCUT2D eigenvalue weighted by Crippen LogP contribution is 2.28. The average molecular weight is 532 g/mol. The van der Waals surface area contributed by atoms with Crippen molar-refractivity contribution in [2.24, 2.45) is 7.05 Å². The maximum Gasteiger partial charge on any atom is 0.254 e. The van der Waals surface area contributed by atoms with Crippen LogP contribution >= 0.6 is 0 Å². The highest BCUT2D eigenvalue weighted by molar-refractivity contribution is 5.96. The van der Waals surface area contributed by atoms with Gasteiger partial charge in [-0.3, -0.25) is 19.1 Å². The molecular weight excluding hydrogens is 498 g/mol. The monoisotopic (exact) mass is 531 g/mol. The number of benzene rings is 2. The molecule has 1 aromatic heterocycles. The summed E-state index contributed by atoms with van der Waals surface area (Å²) >= 11 is 0. The molecule has 204 valence electrons. The standard InChI is InChI=1S/C29H33N5O5/c1-19-7-8-21-14-25(19)39-23-6-4-5-20(13-23)18-38-26-16-34(28(36)10-9-22-11-12-30-33(22)3)15-24(26)31-27(35)17-32(2)29(21)37/h4-8,11-14,24,26H,9-10,15-18H2,1-3H3,(H,31,35)/t24-,26-/m0/s1. The molecule has 2 aliphatic heterocycles. The molecule has 1 fully saturated rings. The Labute approximate surface area is 227 Å². The third kappa shape index (κ3) is 6.12. The van der Waals surface area contributed by atoms with E-state index in [1.165, 1.54) is 4.90 Å². The summed E-state index contributed by atoms with van der Waals surface area (Å²) < 4.78 is 14.2. The highest BCUT2D eigenvalue weighted by atomic mass is 16.5. The molecule has 4 bridgehead atoms. The Morgan fingerprint density at radius 3 is 2.74 bits per heavy atom. The number of aromatic nitrogens is 2. The predicted octanol–water partition coefficient (Wildman–Crippen LogP) is 2.45. The van der Waals surface area contributed by atoms with Gasteiger partial charge in [-0.2, -0.15) is 5.10 Å². The Kier molecular flexibility index (Phi) is 7.65. The number of nitrogens with one attached hydrogen (secondary N) is 1. The van der Waals surface area contributed by atoms with Crippen molar-refractivity contribution in [2.75, 3.05) is 26.7 Å². The zero-order valence-electron chi connectivity index (χ0n) is 22.4. The zero-order chi connectivity index (χ0) is 27.5. The number of rotatable bonds is 3. The quantitative estimate of drug-likeness (QED) is 0.557. The van der Waals surface area contributed by atoms with E-state index in [0.29, 0.717) is 49.6 Å². The summed E-state index contributed by atoms with van der Waals surface area (Å²) in [6, 6.07) is 14.3. The molecule has 0 unspecified atom stereocenters. The Morgan fingerprint density at radius 2 is 1.95 bits per heavy atom. The van der Waals surface area contributed by atoms with Crippen molar-refractivity contribution in [1.29, 1.82) is 0 Å². The van der Waals surface area contributed by atoms with Crippen LogP contribution in [0.3, 0.4) is 0 Å². The first-order chi connectivity index (χ1) is 18.8. The second-order valence-corrected chi connectivity index (χ2v) is 10.2. The molecule has 1 saturated heterocycles. The van der Waals surface area contributed by atoms with E-state index >= 15 is 0 Å². The minimum Gasteiger partial charge on any atom is -0.457 e. The summed E-state index contributed by atoms with van der Waals surface area (Å²) in [4.78, 5) is 42.3. The van der Waals surface area contributed by atoms with Gasteiger partial charge < -0.3 is 24.6 Å². The lowest BCUT2D eigenvalue weighted by Gasteiger charge is -2.23. The second kappa shape index (κ2) is 11.3. The fourth-order valence-electron chi connectivity index (χ4n) is 4.96. The van der Waals surface area contributed by atoms with Gasteiger partial charge in [0.1, 0.15) is 11.5 Å². The summed E-state index contributed by atoms with van der Waals surface area (Å²) in [5, 5.41) is 7.17. The molecule has 2 atom stereocenters. The molecule has 5 rings (SSSR count). The van der Waals surface area contributed by atoms with E-state index in [0.717, 1.165) is 16.8 Å². The molecule has 3 heterocycles. The van der Waals surface area contributed by atoms with Crippen molar-refractivity contribution in [3.63, 3.8) is 0 Å². The third-order valence-electron chi connectivity index (χ3n) is 7.24. The van der Waals surface area contributed by atoms with Gasteiger partial charge >= 0.3 is 0 Å². The number of likely N-dealkylation sites (tertiary alicyclic amines) is 1. The molecule has 10 heteroatoms. The molecule has 3 amide bonds. The molecule has 10 nitrogen and oxygen atoms in total. The first-order valence-corrected chi connectivity index (χ1v) is 13.1. The number of ether oxygens (including phenoxy) is 2. The Balaban J connectivity index is 1.36. The van der Waals surface area contributed by atoms with Crippen molar-refractivity contribution < 1.29 is 23.9 Å². The van der Waals surface area contributed by atoms with E-state index in [4.69, 9.17) is 9.47 Å². The van der Waals surface area contributed by atoms with Crippen LogP contribution in [0, 0.1) is 6.92 Å². The van der Waals surface area contributed by atoms with Crippen LogP contribution < -0.4 is 10.1 Å². The highest BCUT2D eigenvalue weighted by Gasteiger charge is 2.37. The van der Waals surface area contributed by atoms with Crippen LogP contribution in [0.5, 0.6) is 11.5 Å². The lowest BCUT2D eigenvalue weighted by Crippen LogP contribution is -2.48. The van der Waals surface area contributed by atoms with Crippen LogP contribution in [0.1, 0.15) is 33.6 Å². The second-order valence-electron chi connectivity index (χ2n) is 10.2. The maximum atomic E-state index is 13.1. The largest absolute Gasteiger partial charge is 0.457 e. The number of hydrogen-bond acceptors (Lipinski definition) is 6. The van der Waals surface area contributed by atoms with Crippen molar-refractivity contribution in [2.45, 2.75) is 38.5 Å². The van der Waals surface area contributed by atoms with Crippen molar-refractivity contribution in [1.82, 2.24) is 24.9 Å². The number of likely N-dealkylation sites (N-methyl/N-ethyl adjacent to an activating group) is 1. The number of nitrogens with zero attached hydrogens (tertiary/aromatic N) is 4. The third-order valence-corrected chi connectivity index (χ3v) is 7.24. The molecular formula is C29H33N5O5. The summed E-state index contributed by atoms with van der Waals surface area (Å²) in [6.07, 6.45) is 2.23. The summed E-state index contributed by atoms with van der Waals surface area (Å²) in [5.74, 6) is 0.589. The van der Waals surface area contributed by atoms with Crippen molar-refractivity contribution in [3.8, 4) is 11.5 Å². The van der Waals surface area contributed by atoms with Gasteiger partial charge in [0.2, 0.25) is 11.8 Å². The van der Waals surface area contributed by atoms with Crippen LogP contribution in [0.25, 0.3) is 0 Å². The first-order valence-electron chi connectivity index (χ1n) is 13.1. The molecule has 2 aromatic carbocycles. The number of carbonyl (C=O) groups excluding carboxylic acids is 3. The number of amides is 3. The Morgan fingerprint density at radius 1 is 1.10 bits per heavy atom. The number of fused-ring (bicyclic) bond motifs is 5. The molecule has 0 saturated carbocycles. The van der Waals surface area contributed by atoms with Crippen LogP contribution in [-0.2, 0) is 34.4 Å². The fourth-order valence-corrected chi connectivity index (χ4v) is 4.96. The summed E-state index contributed by atoms with van der Waals surface area (Å²) in [7, 11) is 3.44. The zero-order valence-corrected chi connectivity index (χ0v) is 22.4. The predicted molar refractivity (Wildman–Crippen MR) is 143 cm³/mol. The van der Waals surface area contributed by atoms with Gasteiger partial charge in [-0.25, -0.2) is 0 Å². The SMILES string of the molecule is Cc1ccc2cc1Oc1cccc(c1)CO[C@H]1CN(C(=O)CCc3ccnn3C)C[C@@H]1NC(=O)CN(C)C2=O. The van der Waals surface area contributed by atoms with Crippen molar-refractivity contribution in [3.05, 3.63) is 77.1 Å².